The van der Waals surface area contributed by atoms with Crippen LogP contribution in [0.1, 0.15) is 53.0 Å². The Balaban J connectivity index is 1.29. The molecule has 1 aromatic carbocycles. The van der Waals surface area contributed by atoms with Crippen LogP contribution in [0.25, 0.3) is 5.69 Å². The number of Topliss-reactive ketones (excluding diaryl/α,β-unsaturated/α-hetero) is 1. The second-order valence-corrected chi connectivity index (χ2v) is 9.92. The van der Waals surface area contributed by atoms with Crippen molar-refractivity contribution >= 4 is 29.0 Å². The lowest BCUT2D eigenvalue weighted by molar-refractivity contribution is -0.182. The molecular formula is C26H24Cl2N4O3. The van der Waals surface area contributed by atoms with Gasteiger partial charge in [0.25, 0.3) is 0 Å². The molecule has 1 aliphatic heterocycles. The fourth-order valence-electron chi connectivity index (χ4n) is 4.92. The normalized spacial score (nSPS) is 18.5. The van der Waals surface area contributed by atoms with Gasteiger partial charge >= 0.3 is 0 Å². The summed E-state index contributed by atoms with van der Waals surface area (Å²) in [5.74, 6) is -0.597. The molecule has 1 saturated carbocycles. The van der Waals surface area contributed by atoms with E-state index in [1.165, 1.54) is 0 Å². The van der Waals surface area contributed by atoms with Gasteiger partial charge in [-0.1, -0.05) is 29.3 Å². The van der Waals surface area contributed by atoms with Gasteiger partial charge in [0, 0.05) is 25.5 Å². The summed E-state index contributed by atoms with van der Waals surface area (Å²) < 4.78 is 13.3. The molecule has 1 spiro atoms. The molecule has 0 atom stereocenters. The molecule has 1 aliphatic carbocycles. The highest BCUT2D eigenvalue weighted by molar-refractivity contribution is 6.42. The third kappa shape index (κ3) is 4.48. The van der Waals surface area contributed by atoms with E-state index < -0.39 is 11.2 Å². The van der Waals surface area contributed by atoms with Crippen molar-refractivity contribution in [2.75, 3.05) is 13.2 Å². The molecule has 35 heavy (non-hydrogen) atoms. The summed E-state index contributed by atoms with van der Waals surface area (Å²) in [6.45, 7) is 3.05. The summed E-state index contributed by atoms with van der Waals surface area (Å²) in [6.07, 6.45) is 6.04. The number of carbonyl (C=O) groups is 1. The third-order valence-electron chi connectivity index (χ3n) is 7.03. The van der Waals surface area contributed by atoms with Crippen LogP contribution < -0.4 is 0 Å². The number of aromatic nitrogens is 3. The topological polar surface area (TPSA) is 90.0 Å². The molecule has 0 radical (unpaired) electrons. The van der Waals surface area contributed by atoms with Crippen LogP contribution in [0, 0.1) is 18.3 Å². The van der Waals surface area contributed by atoms with Crippen LogP contribution in [0.15, 0.2) is 42.7 Å². The molecule has 0 amide bonds. The summed E-state index contributed by atoms with van der Waals surface area (Å²) >= 11 is 12.1. The molecule has 7 nitrogen and oxygen atoms in total. The standard InChI is InChI=1S/C26H24Cl2N4O3/c1-17-20(15-31-32(17)19-3-4-21(27)22(28)13-19)23(33)12-18-2-5-24(30-14-18)25(16-29)6-8-26(9-7-25)34-10-11-35-26/h2-5,13-15H,6-12H2,1H3. The Bertz CT molecular complexity index is 1300. The van der Waals surface area contributed by atoms with Gasteiger partial charge < -0.3 is 9.47 Å². The van der Waals surface area contributed by atoms with E-state index in [-0.39, 0.29) is 12.2 Å². The lowest BCUT2D eigenvalue weighted by Gasteiger charge is -2.39. The van der Waals surface area contributed by atoms with E-state index in [4.69, 9.17) is 32.7 Å². The number of carbonyl (C=O) groups excluding carboxylic acids is 1. The van der Waals surface area contributed by atoms with Gasteiger partial charge in [0.2, 0.25) is 0 Å². The average molecular weight is 511 g/mol. The van der Waals surface area contributed by atoms with Crippen LogP contribution in [0.4, 0.5) is 0 Å². The predicted octanol–water partition coefficient (Wildman–Crippen LogP) is 5.39. The number of ketones is 1. The summed E-state index contributed by atoms with van der Waals surface area (Å²) in [4.78, 5) is 17.6. The highest BCUT2D eigenvalue weighted by Crippen LogP contribution is 2.45. The van der Waals surface area contributed by atoms with Crippen LogP contribution in [-0.4, -0.2) is 39.5 Å². The monoisotopic (exact) mass is 510 g/mol. The van der Waals surface area contributed by atoms with E-state index in [1.54, 1.807) is 35.3 Å². The van der Waals surface area contributed by atoms with Crippen LogP contribution in [0.3, 0.4) is 0 Å². The van der Waals surface area contributed by atoms with E-state index in [9.17, 15) is 10.1 Å². The first-order valence-corrected chi connectivity index (χ1v) is 12.3. The molecule has 5 rings (SSSR count). The maximum absolute atomic E-state index is 13.0. The number of ether oxygens (including phenoxy) is 2. The van der Waals surface area contributed by atoms with Crippen molar-refractivity contribution in [2.45, 2.75) is 50.2 Å². The number of benzene rings is 1. The number of hydrogen-bond acceptors (Lipinski definition) is 6. The van der Waals surface area contributed by atoms with Crippen LogP contribution in [0.2, 0.25) is 10.0 Å². The molecule has 2 aliphatic rings. The smallest absolute Gasteiger partial charge is 0.170 e. The SMILES string of the molecule is Cc1c(C(=O)Cc2ccc(C3(C#N)CCC4(CC3)OCCO4)nc2)cnn1-c1ccc(Cl)c(Cl)c1. The highest BCUT2D eigenvalue weighted by Gasteiger charge is 2.48. The Kier molecular flexibility index (Phi) is 6.41. The van der Waals surface area contributed by atoms with Crippen molar-refractivity contribution in [3.63, 3.8) is 0 Å². The maximum atomic E-state index is 13.0. The van der Waals surface area contributed by atoms with Crippen molar-refractivity contribution in [3.8, 4) is 11.8 Å². The van der Waals surface area contributed by atoms with E-state index in [1.807, 2.05) is 19.1 Å². The first-order valence-electron chi connectivity index (χ1n) is 11.5. The van der Waals surface area contributed by atoms with Gasteiger partial charge in [-0.25, -0.2) is 4.68 Å². The van der Waals surface area contributed by atoms with E-state index in [0.29, 0.717) is 60.2 Å². The fraction of sp³-hybridized carbons (Fsp3) is 0.385. The van der Waals surface area contributed by atoms with Crippen LogP contribution >= 0.6 is 23.2 Å². The number of nitrogens with zero attached hydrogens (tertiary/aromatic N) is 4. The zero-order valence-corrected chi connectivity index (χ0v) is 20.8. The van der Waals surface area contributed by atoms with Crippen LogP contribution in [-0.2, 0) is 21.3 Å². The minimum atomic E-state index is -0.666. The van der Waals surface area contributed by atoms with E-state index in [0.717, 1.165) is 16.9 Å². The van der Waals surface area contributed by atoms with E-state index >= 15 is 0 Å². The highest BCUT2D eigenvalue weighted by atomic mass is 35.5. The van der Waals surface area contributed by atoms with Gasteiger partial charge in [-0.3, -0.25) is 9.78 Å². The van der Waals surface area contributed by atoms with Crippen molar-refractivity contribution in [1.82, 2.24) is 14.8 Å². The zero-order chi connectivity index (χ0) is 24.6. The Morgan fingerprint density at radius 2 is 1.83 bits per heavy atom. The quantitative estimate of drug-likeness (QED) is 0.427. The molecule has 0 bridgehead atoms. The maximum Gasteiger partial charge on any atom is 0.170 e. The average Bonchev–Trinajstić information content (AvgIpc) is 3.49. The lowest BCUT2D eigenvalue weighted by Crippen LogP contribution is -2.41. The van der Waals surface area contributed by atoms with Gasteiger partial charge in [0.05, 0.1) is 63.6 Å². The molecule has 3 heterocycles. The van der Waals surface area contributed by atoms with Gasteiger partial charge in [-0.2, -0.15) is 10.4 Å². The molecule has 2 fully saturated rings. The van der Waals surface area contributed by atoms with Gasteiger partial charge in [0.15, 0.2) is 11.6 Å². The van der Waals surface area contributed by atoms with Crippen LogP contribution in [0.5, 0.6) is 0 Å². The van der Waals surface area contributed by atoms with Crippen molar-refractivity contribution < 1.29 is 14.3 Å². The number of pyridine rings is 1. The van der Waals surface area contributed by atoms with Crippen molar-refractivity contribution in [2.24, 2.45) is 0 Å². The first kappa shape index (κ1) is 24.0. The second-order valence-electron chi connectivity index (χ2n) is 9.11. The molecule has 9 heteroatoms. The van der Waals surface area contributed by atoms with E-state index in [2.05, 4.69) is 16.2 Å². The number of hydrogen-bond donors (Lipinski definition) is 0. The molecule has 180 valence electrons. The van der Waals surface area contributed by atoms with Gasteiger partial charge in [-0.15, -0.1) is 0 Å². The van der Waals surface area contributed by atoms with Gasteiger partial charge in [0.1, 0.15) is 0 Å². The fourth-order valence-corrected chi connectivity index (χ4v) is 5.21. The summed E-state index contributed by atoms with van der Waals surface area (Å²) in [5, 5.41) is 15.2. The number of nitriles is 1. The molecule has 3 aromatic rings. The van der Waals surface area contributed by atoms with Crippen molar-refractivity contribution in [1.29, 1.82) is 5.26 Å². The molecular weight excluding hydrogens is 487 g/mol. The van der Waals surface area contributed by atoms with Gasteiger partial charge in [-0.05, 0) is 49.6 Å². The minimum Gasteiger partial charge on any atom is -0.348 e. The molecule has 0 N–H and O–H groups in total. The second kappa shape index (κ2) is 9.36. The Morgan fingerprint density at radius 1 is 1.09 bits per heavy atom. The Morgan fingerprint density at radius 3 is 2.46 bits per heavy atom. The molecule has 1 saturated heterocycles. The Labute approximate surface area is 213 Å². The minimum absolute atomic E-state index is 0.0616. The third-order valence-corrected chi connectivity index (χ3v) is 7.77. The zero-order valence-electron chi connectivity index (χ0n) is 19.3. The summed E-state index contributed by atoms with van der Waals surface area (Å²) in [6, 6.07) is 11.4. The molecule has 2 aromatic heterocycles. The van der Waals surface area contributed by atoms with Crippen molar-refractivity contribution in [3.05, 3.63) is 75.3 Å². The lowest BCUT2D eigenvalue weighted by atomic mass is 9.70. The predicted molar refractivity (Wildman–Crippen MR) is 131 cm³/mol. The number of rotatable bonds is 5. The first-order chi connectivity index (χ1) is 16.8. The molecule has 0 unspecified atom stereocenters. The summed E-state index contributed by atoms with van der Waals surface area (Å²) in [7, 11) is 0. The number of halogens is 2. The Hall–Kier alpha value is -2.76. The largest absolute Gasteiger partial charge is 0.348 e. The summed E-state index contributed by atoms with van der Waals surface area (Å²) in [5.41, 5.74) is 2.82.